The predicted molar refractivity (Wildman–Crippen MR) is 105 cm³/mol. The maximum absolute atomic E-state index is 12.0. The Morgan fingerprint density at radius 2 is 2.11 bits per heavy atom. The number of amides is 1. The van der Waals surface area contributed by atoms with Crippen LogP contribution in [-0.4, -0.2) is 28.6 Å². The van der Waals surface area contributed by atoms with Gasteiger partial charge in [-0.25, -0.2) is 4.98 Å². The van der Waals surface area contributed by atoms with E-state index in [1.807, 2.05) is 31.0 Å². The third-order valence-corrected chi connectivity index (χ3v) is 5.66. The highest BCUT2D eigenvalue weighted by molar-refractivity contribution is 6.03. The van der Waals surface area contributed by atoms with Gasteiger partial charge in [0.1, 0.15) is 11.3 Å². The number of anilines is 2. The van der Waals surface area contributed by atoms with Gasteiger partial charge in [-0.1, -0.05) is 24.3 Å². The molecule has 1 unspecified atom stereocenters. The van der Waals surface area contributed by atoms with Crippen LogP contribution in [0.2, 0.25) is 0 Å². The van der Waals surface area contributed by atoms with Crippen molar-refractivity contribution in [3.05, 3.63) is 53.3 Å². The van der Waals surface area contributed by atoms with E-state index in [4.69, 9.17) is 9.72 Å². The van der Waals surface area contributed by atoms with E-state index in [0.29, 0.717) is 19.6 Å². The molecule has 0 saturated carbocycles. The quantitative estimate of drug-likeness (QED) is 0.727. The zero-order chi connectivity index (χ0) is 18.5. The van der Waals surface area contributed by atoms with Gasteiger partial charge in [-0.3, -0.25) is 4.79 Å². The highest BCUT2D eigenvalue weighted by Gasteiger charge is 2.28. The molecule has 0 bridgehead atoms. The number of hydrogen-bond acceptors (Lipinski definition) is 4. The fourth-order valence-electron chi connectivity index (χ4n) is 3.93. The van der Waals surface area contributed by atoms with Gasteiger partial charge in [0.15, 0.2) is 0 Å². The normalized spacial score (nSPS) is 19.1. The number of aromatic nitrogens is 2. The van der Waals surface area contributed by atoms with E-state index in [-0.39, 0.29) is 11.9 Å². The Morgan fingerprint density at radius 1 is 1.26 bits per heavy atom. The number of carbonyl (C=O) groups excluding carboxylic acids is 1. The molecule has 6 heteroatoms. The molecule has 1 fully saturated rings. The molecule has 1 aromatic heterocycles. The van der Waals surface area contributed by atoms with Gasteiger partial charge in [-0.15, -0.1) is 0 Å². The SMILES string of the molecule is Cc1nc2c(NC3COCc4ccccc43)cc(N3CCC3=O)cc2n1C. The number of nitrogens with zero attached hydrogens (tertiary/aromatic N) is 3. The molecule has 0 spiro atoms. The topological polar surface area (TPSA) is 59.4 Å². The van der Waals surface area contributed by atoms with E-state index >= 15 is 0 Å². The molecule has 27 heavy (non-hydrogen) atoms. The lowest BCUT2D eigenvalue weighted by Crippen LogP contribution is -2.43. The summed E-state index contributed by atoms with van der Waals surface area (Å²) in [6.45, 7) is 4.03. The lowest BCUT2D eigenvalue weighted by Gasteiger charge is -2.32. The molecule has 1 saturated heterocycles. The lowest BCUT2D eigenvalue weighted by atomic mass is 9.98. The summed E-state index contributed by atoms with van der Waals surface area (Å²) < 4.78 is 7.87. The number of hydrogen-bond donors (Lipinski definition) is 1. The average Bonchev–Trinajstić information content (AvgIpc) is 2.96. The van der Waals surface area contributed by atoms with Crippen molar-refractivity contribution in [1.29, 1.82) is 0 Å². The van der Waals surface area contributed by atoms with Crippen molar-refractivity contribution in [3.8, 4) is 0 Å². The van der Waals surface area contributed by atoms with Gasteiger partial charge in [0, 0.05) is 25.7 Å². The number of β-lactam (4-membered cyclic amide) rings is 1. The zero-order valence-electron chi connectivity index (χ0n) is 15.5. The highest BCUT2D eigenvalue weighted by atomic mass is 16.5. The van der Waals surface area contributed by atoms with Gasteiger partial charge in [0.05, 0.1) is 30.5 Å². The molecule has 6 nitrogen and oxygen atoms in total. The summed E-state index contributed by atoms with van der Waals surface area (Å²) in [5.41, 5.74) is 6.29. The number of ether oxygens (including phenoxy) is 1. The Kier molecular flexibility index (Phi) is 3.68. The molecule has 5 rings (SSSR count). The molecular formula is C21H22N4O2. The van der Waals surface area contributed by atoms with Crippen molar-refractivity contribution in [3.63, 3.8) is 0 Å². The van der Waals surface area contributed by atoms with E-state index in [2.05, 4.69) is 34.1 Å². The molecule has 3 heterocycles. The molecule has 2 aliphatic rings. The minimum Gasteiger partial charge on any atom is -0.374 e. The second kappa shape index (κ2) is 6.09. The first-order chi connectivity index (χ1) is 13.1. The lowest BCUT2D eigenvalue weighted by molar-refractivity contribution is -0.122. The Balaban J connectivity index is 1.60. The van der Waals surface area contributed by atoms with E-state index in [0.717, 1.165) is 34.8 Å². The third kappa shape index (κ3) is 2.59. The Bertz CT molecular complexity index is 1060. The van der Waals surface area contributed by atoms with Crippen LogP contribution in [0.15, 0.2) is 36.4 Å². The standard InChI is InChI=1S/C21H22N4O2/c1-13-22-21-17(23-18-12-27-11-14-5-3-4-6-16(14)18)9-15(10-19(21)24(13)2)25-8-7-20(25)26/h3-6,9-10,18,23H,7-8,11-12H2,1-2H3. The Hall–Kier alpha value is -2.86. The first-order valence-corrected chi connectivity index (χ1v) is 9.31. The van der Waals surface area contributed by atoms with Crippen molar-refractivity contribution in [2.45, 2.75) is 26.0 Å². The Morgan fingerprint density at radius 3 is 2.89 bits per heavy atom. The fraction of sp³-hybridized carbons (Fsp3) is 0.333. The molecule has 0 aliphatic carbocycles. The van der Waals surface area contributed by atoms with Crippen LogP contribution in [0.25, 0.3) is 11.0 Å². The number of imidazole rings is 1. The average molecular weight is 362 g/mol. The first-order valence-electron chi connectivity index (χ1n) is 9.31. The van der Waals surface area contributed by atoms with Crippen LogP contribution < -0.4 is 10.2 Å². The first kappa shape index (κ1) is 16.3. The van der Waals surface area contributed by atoms with Gasteiger partial charge >= 0.3 is 0 Å². The van der Waals surface area contributed by atoms with E-state index in [1.54, 1.807) is 0 Å². The zero-order valence-corrected chi connectivity index (χ0v) is 15.5. The molecule has 1 amide bonds. The largest absolute Gasteiger partial charge is 0.374 e. The second-order valence-electron chi connectivity index (χ2n) is 7.29. The summed E-state index contributed by atoms with van der Waals surface area (Å²) in [5.74, 6) is 1.12. The minimum atomic E-state index is 0.0582. The van der Waals surface area contributed by atoms with Crippen molar-refractivity contribution < 1.29 is 9.53 Å². The second-order valence-corrected chi connectivity index (χ2v) is 7.29. The molecule has 3 aromatic rings. The van der Waals surface area contributed by atoms with Crippen LogP contribution in [0, 0.1) is 6.92 Å². The summed E-state index contributed by atoms with van der Waals surface area (Å²) in [5, 5.41) is 3.64. The maximum atomic E-state index is 12.0. The van der Waals surface area contributed by atoms with Crippen LogP contribution >= 0.6 is 0 Å². The van der Waals surface area contributed by atoms with Gasteiger partial charge < -0.3 is 19.5 Å². The van der Waals surface area contributed by atoms with Crippen LogP contribution in [-0.2, 0) is 23.2 Å². The molecule has 2 aliphatic heterocycles. The maximum Gasteiger partial charge on any atom is 0.228 e. The molecular weight excluding hydrogens is 340 g/mol. The van der Waals surface area contributed by atoms with E-state index < -0.39 is 0 Å². The summed E-state index contributed by atoms with van der Waals surface area (Å²) in [6, 6.07) is 12.5. The monoisotopic (exact) mass is 362 g/mol. The molecule has 138 valence electrons. The van der Waals surface area contributed by atoms with Gasteiger partial charge in [0.2, 0.25) is 5.91 Å². The molecule has 2 aromatic carbocycles. The summed E-state index contributed by atoms with van der Waals surface area (Å²) in [4.78, 5) is 18.6. The van der Waals surface area contributed by atoms with Crippen LogP contribution in [0.3, 0.4) is 0 Å². The summed E-state index contributed by atoms with van der Waals surface area (Å²) >= 11 is 0. The smallest absolute Gasteiger partial charge is 0.228 e. The highest BCUT2D eigenvalue weighted by Crippen LogP contribution is 2.35. The van der Waals surface area contributed by atoms with E-state index in [1.165, 1.54) is 11.1 Å². The van der Waals surface area contributed by atoms with Gasteiger partial charge in [0.25, 0.3) is 0 Å². The molecule has 1 atom stereocenters. The number of carbonyl (C=O) groups is 1. The summed E-state index contributed by atoms with van der Waals surface area (Å²) in [6.07, 6.45) is 0.620. The van der Waals surface area contributed by atoms with Crippen molar-refractivity contribution in [1.82, 2.24) is 9.55 Å². The van der Waals surface area contributed by atoms with Gasteiger partial charge in [-0.2, -0.15) is 0 Å². The minimum absolute atomic E-state index is 0.0582. The predicted octanol–water partition coefficient (Wildman–Crippen LogP) is 3.30. The van der Waals surface area contributed by atoms with E-state index in [9.17, 15) is 4.79 Å². The number of benzene rings is 2. The van der Waals surface area contributed by atoms with Crippen molar-refractivity contribution in [2.75, 3.05) is 23.4 Å². The van der Waals surface area contributed by atoms with Crippen molar-refractivity contribution >= 4 is 28.3 Å². The Labute approximate surface area is 157 Å². The number of nitrogens with one attached hydrogen (secondary N) is 1. The fourth-order valence-corrected chi connectivity index (χ4v) is 3.93. The third-order valence-electron chi connectivity index (χ3n) is 5.66. The van der Waals surface area contributed by atoms with Crippen LogP contribution in [0.4, 0.5) is 11.4 Å². The van der Waals surface area contributed by atoms with Gasteiger partial charge in [-0.05, 0) is 30.2 Å². The number of fused-ring (bicyclic) bond motifs is 2. The molecule has 0 radical (unpaired) electrons. The van der Waals surface area contributed by atoms with Crippen LogP contribution in [0.1, 0.15) is 29.4 Å². The van der Waals surface area contributed by atoms with Crippen LogP contribution in [0.5, 0.6) is 0 Å². The van der Waals surface area contributed by atoms with Crippen molar-refractivity contribution in [2.24, 2.45) is 7.05 Å². The number of rotatable bonds is 3. The summed E-state index contributed by atoms with van der Waals surface area (Å²) in [7, 11) is 2.01. The molecule has 1 N–H and O–H groups in total. The number of aryl methyl sites for hydroxylation is 2.